The molecule has 0 fully saturated rings. The first-order valence-electron chi connectivity index (χ1n) is 4.04. The monoisotopic (exact) mass is 156 g/mol. The largest absolute Gasteiger partial charge is 0.323 e. The lowest BCUT2D eigenvalue weighted by atomic mass is 9.89. The van der Waals surface area contributed by atoms with Gasteiger partial charge in [0.1, 0.15) is 0 Å². The van der Waals surface area contributed by atoms with Crippen molar-refractivity contribution < 1.29 is 0 Å². The summed E-state index contributed by atoms with van der Waals surface area (Å²) in [5.74, 6) is 0. The summed E-state index contributed by atoms with van der Waals surface area (Å²) in [5.41, 5.74) is 5.95. The van der Waals surface area contributed by atoms with Crippen molar-refractivity contribution in [3.63, 3.8) is 0 Å². The van der Waals surface area contributed by atoms with Crippen molar-refractivity contribution in [1.82, 2.24) is 4.90 Å². The van der Waals surface area contributed by atoms with Crippen molar-refractivity contribution >= 4 is 0 Å². The minimum Gasteiger partial charge on any atom is -0.323 e. The molecule has 2 heteroatoms. The van der Waals surface area contributed by atoms with Gasteiger partial charge in [0.15, 0.2) is 0 Å². The molecule has 0 saturated carbocycles. The lowest BCUT2D eigenvalue weighted by Gasteiger charge is -2.39. The molecular weight excluding hydrogens is 136 g/mol. The van der Waals surface area contributed by atoms with Gasteiger partial charge in [-0.2, -0.15) is 0 Å². The molecule has 0 heterocycles. The maximum Gasteiger partial charge on any atom is 0.0405 e. The van der Waals surface area contributed by atoms with Crippen LogP contribution in [0.5, 0.6) is 0 Å². The SMILES string of the molecule is C=CC(N)C(C)(CC)N(C)C. The quantitative estimate of drug-likeness (QED) is 0.620. The molecule has 0 aromatic rings. The second-order valence-corrected chi connectivity index (χ2v) is 3.37. The average Bonchev–Trinajstić information content (AvgIpc) is 2.01. The molecule has 0 radical (unpaired) electrons. The van der Waals surface area contributed by atoms with Gasteiger partial charge in [-0.1, -0.05) is 13.0 Å². The maximum atomic E-state index is 5.90. The van der Waals surface area contributed by atoms with Gasteiger partial charge in [0.05, 0.1) is 0 Å². The molecule has 66 valence electrons. The Labute approximate surface area is 70.1 Å². The first-order chi connectivity index (χ1) is 4.99. The van der Waals surface area contributed by atoms with Crippen molar-refractivity contribution in [3.05, 3.63) is 12.7 Å². The van der Waals surface area contributed by atoms with Crippen LogP contribution in [0.25, 0.3) is 0 Å². The van der Waals surface area contributed by atoms with Crippen LogP contribution in [0.3, 0.4) is 0 Å². The van der Waals surface area contributed by atoms with Gasteiger partial charge in [-0.25, -0.2) is 0 Å². The fourth-order valence-electron chi connectivity index (χ4n) is 1.10. The molecule has 2 atom stereocenters. The van der Waals surface area contributed by atoms with E-state index in [4.69, 9.17) is 5.73 Å². The predicted molar refractivity (Wildman–Crippen MR) is 50.6 cm³/mol. The van der Waals surface area contributed by atoms with E-state index in [1.54, 1.807) is 0 Å². The highest BCUT2D eigenvalue weighted by molar-refractivity contribution is 5.01. The van der Waals surface area contributed by atoms with E-state index in [0.717, 1.165) is 6.42 Å². The summed E-state index contributed by atoms with van der Waals surface area (Å²) >= 11 is 0. The third-order valence-corrected chi connectivity index (χ3v) is 2.71. The fraction of sp³-hybridized carbons (Fsp3) is 0.778. The molecular formula is C9H20N2. The molecule has 0 spiro atoms. The van der Waals surface area contributed by atoms with Crippen LogP contribution in [-0.4, -0.2) is 30.6 Å². The highest BCUT2D eigenvalue weighted by atomic mass is 15.2. The number of rotatable bonds is 4. The Bertz CT molecular complexity index is 132. The summed E-state index contributed by atoms with van der Waals surface area (Å²) in [5, 5.41) is 0. The summed E-state index contributed by atoms with van der Waals surface area (Å²) < 4.78 is 0. The van der Waals surface area contributed by atoms with Gasteiger partial charge in [-0.15, -0.1) is 6.58 Å². The smallest absolute Gasteiger partial charge is 0.0405 e. The molecule has 11 heavy (non-hydrogen) atoms. The van der Waals surface area contributed by atoms with Gasteiger partial charge in [0, 0.05) is 11.6 Å². The van der Waals surface area contributed by atoms with Crippen molar-refractivity contribution in [2.45, 2.75) is 31.8 Å². The van der Waals surface area contributed by atoms with Gasteiger partial charge >= 0.3 is 0 Å². The van der Waals surface area contributed by atoms with Crippen molar-refractivity contribution in [2.24, 2.45) is 5.73 Å². The van der Waals surface area contributed by atoms with Crippen molar-refractivity contribution in [1.29, 1.82) is 0 Å². The molecule has 0 rings (SSSR count). The second kappa shape index (κ2) is 3.88. The topological polar surface area (TPSA) is 29.3 Å². The Hall–Kier alpha value is -0.340. The summed E-state index contributed by atoms with van der Waals surface area (Å²) in [6.45, 7) is 8.00. The number of nitrogens with zero attached hydrogens (tertiary/aromatic N) is 1. The van der Waals surface area contributed by atoms with Crippen LogP contribution in [0.1, 0.15) is 20.3 Å². The van der Waals surface area contributed by atoms with Crippen LogP contribution in [0.2, 0.25) is 0 Å². The third kappa shape index (κ3) is 2.04. The highest BCUT2D eigenvalue weighted by Crippen LogP contribution is 2.19. The van der Waals surface area contributed by atoms with Gasteiger partial charge in [0.25, 0.3) is 0 Å². The van der Waals surface area contributed by atoms with Gasteiger partial charge in [-0.05, 0) is 27.4 Å². The minimum atomic E-state index is 0.0434. The number of hydrogen-bond acceptors (Lipinski definition) is 2. The van der Waals surface area contributed by atoms with E-state index in [-0.39, 0.29) is 11.6 Å². The molecule has 0 bridgehead atoms. The second-order valence-electron chi connectivity index (χ2n) is 3.37. The highest BCUT2D eigenvalue weighted by Gasteiger charge is 2.29. The van der Waals surface area contributed by atoms with Crippen LogP contribution < -0.4 is 5.73 Å². The van der Waals surface area contributed by atoms with Crippen LogP contribution in [-0.2, 0) is 0 Å². The fourth-order valence-corrected chi connectivity index (χ4v) is 1.10. The van der Waals surface area contributed by atoms with Crippen LogP contribution in [0, 0.1) is 0 Å². The predicted octanol–water partition coefficient (Wildman–Crippen LogP) is 1.23. The molecule has 0 saturated heterocycles. The summed E-state index contributed by atoms with van der Waals surface area (Å²) in [4.78, 5) is 2.15. The minimum absolute atomic E-state index is 0.0434. The Morgan fingerprint density at radius 1 is 1.64 bits per heavy atom. The molecule has 2 N–H and O–H groups in total. The zero-order valence-electron chi connectivity index (χ0n) is 8.09. The maximum absolute atomic E-state index is 5.90. The third-order valence-electron chi connectivity index (χ3n) is 2.71. The Kier molecular flexibility index (Phi) is 3.76. The van der Waals surface area contributed by atoms with E-state index in [1.807, 2.05) is 20.2 Å². The number of hydrogen-bond donors (Lipinski definition) is 1. The number of nitrogens with two attached hydrogens (primary N) is 1. The summed E-state index contributed by atoms with van der Waals surface area (Å²) in [6, 6.07) is 0.0440. The average molecular weight is 156 g/mol. The first kappa shape index (κ1) is 10.7. The molecule has 0 aliphatic heterocycles. The van der Waals surface area contributed by atoms with E-state index in [2.05, 4.69) is 25.3 Å². The van der Waals surface area contributed by atoms with E-state index in [9.17, 15) is 0 Å². The molecule has 2 unspecified atom stereocenters. The van der Waals surface area contributed by atoms with Crippen LogP contribution in [0.4, 0.5) is 0 Å². The summed E-state index contributed by atoms with van der Waals surface area (Å²) in [7, 11) is 4.10. The van der Waals surface area contributed by atoms with E-state index >= 15 is 0 Å². The van der Waals surface area contributed by atoms with E-state index < -0.39 is 0 Å². The standard InChI is InChI=1S/C9H20N2/c1-6-8(10)9(3,7-2)11(4)5/h6,8H,1,7,10H2,2-5H3. The molecule has 0 aromatic heterocycles. The van der Waals surface area contributed by atoms with Crippen molar-refractivity contribution in [2.75, 3.05) is 14.1 Å². The molecule has 0 aliphatic carbocycles. The lowest BCUT2D eigenvalue weighted by Crippen LogP contribution is -2.53. The van der Waals surface area contributed by atoms with Crippen LogP contribution in [0.15, 0.2) is 12.7 Å². The van der Waals surface area contributed by atoms with Crippen LogP contribution >= 0.6 is 0 Å². The zero-order chi connectivity index (χ0) is 9.07. The Morgan fingerprint density at radius 3 is 2.18 bits per heavy atom. The van der Waals surface area contributed by atoms with E-state index in [0.29, 0.717) is 0 Å². The molecule has 0 aromatic carbocycles. The normalized spacial score (nSPS) is 19.5. The molecule has 0 aliphatic rings. The Balaban J connectivity index is 4.44. The van der Waals surface area contributed by atoms with E-state index in [1.165, 1.54) is 0 Å². The van der Waals surface area contributed by atoms with Gasteiger partial charge in [0.2, 0.25) is 0 Å². The number of likely N-dealkylation sites (N-methyl/N-ethyl adjacent to an activating group) is 1. The Morgan fingerprint density at radius 2 is 2.09 bits per heavy atom. The van der Waals surface area contributed by atoms with Gasteiger partial charge in [-0.3, -0.25) is 0 Å². The zero-order valence-corrected chi connectivity index (χ0v) is 8.09. The molecule has 2 nitrogen and oxygen atoms in total. The first-order valence-corrected chi connectivity index (χ1v) is 4.04. The molecule has 0 amide bonds. The van der Waals surface area contributed by atoms with Gasteiger partial charge < -0.3 is 10.6 Å². The lowest BCUT2D eigenvalue weighted by molar-refractivity contribution is 0.150. The summed E-state index contributed by atoms with van der Waals surface area (Å²) in [6.07, 6.45) is 2.84. The van der Waals surface area contributed by atoms with Crippen molar-refractivity contribution in [3.8, 4) is 0 Å².